The molecule has 0 aliphatic carbocycles. The third kappa shape index (κ3) is 3.82. The van der Waals surface area contributed by atoms with E-state index in [0.29, 0.717) is 23.1 Å². The Morgan fingerprint density at radius 1 is 1.32 bits per heavy atom. The molecule has 3 heterocycles. The largest absolute Gasteiger partial charge is 0.342 e. The van der Waals surface area contributed by atoms with Crippen molar-refractivity contribution in [1.29, 1.82) is 0 Å². The lowest BCUT2D eigenvalue weighted by atomic mass is 10.1. The molecule has 1 fully saturated rings. The van der Waals surface area contributed by atoms with E-state index in [1.807, 2.05) is 36.6 Å². The van der Waals surface area contributed by atoms with Crippen molar-refractivity contribution >= 4 is 23.2 Å². The quantitative estimate of drug-likeness (QED) is 0.715. The van der Waals surface area contributed by atoms with Crippen molar-refractivity contribution in [3.63, 3.8) is 0 Å². The van der Waals surface area contributed by atoms with E-state index in [0.717, 1.165) is 24.0 Å². The van der Waals surface area contributed by atoms with Gasteiger partial charge in [0.25, 0.3) is 5.91 Å². The normalized spacial score (nSPS) is 16.3. The first-order chi connectivity index (χ1) is 13.6. The minimum absolute atomic E-state index is 0.0495. The van der Waals surface area contributed by atoms with Gasteiger partial charge in [0.05, 0.1) is 11.4 Å². The van der Waals surface area contributed by atoms with Gasteiger partial charge in [-0.2, -0.15) is 4.98 Å². The fourth-order valence-electron chi connectivity index (χ4n) is 3.35. The van der Waals surface area contributed by atoms with Gasteiger partial charge in [-0.05, 0) is 37.3 Å². The van der Waals surface area contributed by atoms with Crippen LogP contribution in [0.5, 0.6) is 0 Å². The lowest BCUT2D eigenvalue weighted by Gasteiger charge is -2.21. The molecule has 8 heteroatoms. The average Bonchev–Trinajstić information content (AvgIpc) is 3.46. The predicted octanol–water partition coefficient (Wildman–Crippen LogP) is 3.20. The smallest absolute Gasteiger partial charge is 0.261 e. The van der Waals surface area contributed by atoms with Crippen LogP contribution in [0.4, 0.5) is 0 Å². The molecule has 0 spiro atoms. The lowest BCUT2D eigenvalue weighted by Crippen LogP contribution is -2.39. The van der Waals surface area contributed by atoms with Crippen LogP contribution in [0, 0.1) is 6.92 Å². The van der Waals surface area contributed by atoms with E-state index in [-0.39, 0.29) is 24.4 Å². The summed E-state index contributed by atoms with van der Waals surface area (Å²) < 4.78 is 5.47. The van der Waals surface area contributed by atoms with Gasteiger partial charge in [-0.1, -0.05) is 35.0 Å². The molecule has 2 aromatic heterocycles. The summed E-state index contributed by atoms with van der Waals surface area (Å²) >= 11 is 1.34. The maximum absolute atomic E-state index is 12.6. The molecule has 0 bridgehead atoms. The third-order valence-electron chi connectivity index (χ3n) is 4.72. The second-order valence-corrected chi connectivity index (χ2v) is 7.68. The van der Waals surface area contributed by atoms with Crippen molar-refractivity contribution in [3.05, 3.63) is 58.1 Å². The summed E-state index contributed by atoms with van der Waals surface area (Å²) in [6.07, 6.45) is 1.62. The summed E-state index contributed by atoms with van der Waals surface area (Å²) in [7, 11) is 0. The van der Waals surface area contributed by atoms with Gasteiger partial charge in [0.1, 0.15) is 6.04 Å². The molecule has 1 aliphatic heterocycles. The van der Waals surface area contributed by atoms with Crippen molar-refractivity contribution in [2.24, 2.45) is 0 Å². The summed E-state index contributed by atoms with van der Waals surface area (Å²) in [5.41, 5.74) is 2.00. The highest BCUT2D eigenvalue weighted by Crippen LogP contribution is 2.32. The minimum Gasteiger partial charge on any atom is -0.342 e. The van der Waals surface area contributed by atoms with Gasteiger partial charge in [0.2, 0.25) is 17.6 Å². The Morgan fingerprint density at radius 3 is 3.00 bits per heavy atom. The van der Waals surface area contributed by atoms with E-state index < -0.39 is 0 Å². The molecule has 1 atom stereocenters. The van der Waals surface area contributed by atoms with E-state index in [9.17, 15) is 9.59 Å². The standard InChI is InChI=1S/C20H20N4O3S/c1-13-5-2-6-14(11-13)18-22-20(27-23-18)15-7-3-9-24(15)17(25)12-21-19(26)16-8-4-10-28-16/h2,4-6,8,10-11,15H,3,7,9,12H2,1H3,(H,21,26)/t15-/m0/s1. The van der Waals surface area contributed by atoms with Crippen LogP contribution >= 0.6 is 11.3 Å². The molecule has 0 radical (unpaired) electrons. The number of hydrogen-bond acceptors (Lipinski definition) is 6. The maximum Gasteiger partial charge on any atom is 0.261 e. The highest BCUT2D eigenvalue weighted by atomic mass is 32.1. The van der Waals surface area contributed by atoms with Crippen molar-refractivity contribution in [2.45, 2.75) is 25.8 Å². The molecule has 28 heavy (non-hydrogen) atoms. The number of nitrogens with one attached hydrogen (secondary N) is 1. The van der Waals surface area contributed by atoms with Crippen LogP contribution in [-0.4, -0.2) is 39.9 Å². The first-order valence-electron chi connectivity index (χ1n) is 9.13. The van der Waals surface area contributed by atoms with Crippen molar-refractivity contribution in [1.82, 2.24) is 20.4 Å². The van der Waals surface area contributed by atoms with Gasteiger partial charge in [-0.3, -0.25) is 9.59 Å². The van der Waals surface area contributed by atoms with Gasteiger partial charge in [-0.15, -0.1) is 11.3 Å². The van der Waals surface area contributed by atoms with E-state index >= 15 is 0 Å². The number of rotatable bonds is 5. The molecular formula is C20H20N4O3S. The molecular weight excluding hydrogens is 376 g/mol. The summed E-state index contributed by atoms with van der Waals surface area (Å²) in [5.74, 6) is 0.567. The number of benzene rings is 1. The average molecular weight is 396 g/mol. The zero-order chi connectivity index (χ0) is 19.5. The first-order valence-corrected chi connectivity index (χ1v) is 10.0. The Morgan fingerprint density at radius 2 is 2.21 bits per heavy atom. The van der Waals surface area contributed by atoms with Crippen LogP contribution in [0.3, 0.4) is 0 Å². The lowest BCUT2D eigenvalue weighted by molar-refractivity contribution is -0.131. The zero-order valence-corrected chi connectivity index (χ0v) is 16.2. The van der Waals surface area contributed by atoms with Crippen LogP contribution in [0.25, 0.3) is 11.4 Å². The summed E-state index contributed by atoms with van der Waals surface area (Å²) in [4.78, 5) is 31.5. The molecule has 1 aromatic carbocycles. The maximum atomic E-state index is 12.6. The van der Waals surface area contributed by atoms with Crippen molar-refractivity contribution < 1.29 is 14.1 Å². The monoisotopic (exact) mass is 396 g/mol. The second kappa shape index (κ2) is 7.93. The topological polar surface area (TPSA) is 88.3 Å². The summed E-state index contributed by atoms with van der Waals surface area (Å²) in [5, 5.41) is 8.59. The number of hydrogen-bond donors (Lipinski definition) is 1. The van der Waals surface area contributed by atoms with E-state index in [1.54, 1.807) is 17.0 Å². The van der Waals surface area contributed by atoms with Gasteiger partial charge < -0.3 is 14.7 Å². The van der Waals surface area contributed by atoms with Crippen LogP contribution < -0.4 is 5.32 Å². The fraction of sp³-hybridized carbons (Fsp3) is 0.300. The SMILES string of the molecule is Cc1cccc(-c2noc([C@@H]3CCCN3C(=O)CNC(=O)c3cccs3)n2)c1. The Labute approximate surface area is 166 Å². The van der Waals surface area contributed by atoms with Crippen LogP contribution in [0.15, 0.2) is 46.3 Å². The molecule has 2 amide bonds. The highest BCUT2D eigenvalue weighted by Gasteiger charge is 2.34. The Balaban J connectivity index is 1.43. The number of thiophene rings is 1. The molecule has 4 rings (SSSR count). The van der Waals surface area contributed by atoms with E-state index in [1.165, 1.54) is 11.3 Å². The third-order valence-corrected chi connectivity index (χ3v) is 5.59. The second-order valence-electron chi connectivity index (χ2n) is 6.73. The predicted molar refractivity (Wildman–Crippen MR) is 105 cm³/mol. The molecule has 3 aromatic rings. The Hall–Kier alpha value is -3.00. The minimum atomic E-state index is -0.253. The van der Waals surface area contributed by atoms with Crippen molar-refractivity contribution in [2.75, 3.05) is 13.1 Å². The number of carbonyl (C=O) groups is 2. The van der Waals surface area contributed by atoms with Crippen LogP contribution in [0.2, 0.25) is 0 Å². The fourth-order valence-corrected chi connectivity index (χ4v) is 3.99. The van der Waals surface area contributed by atoms with E-state index in [4.69, 9.17) is 4.52 Å². The molecule has 144 valence electrons. The number of aromatic nitrogens is 2. The van der Waals surface area contributed by atoms with Crippen molar-refractivity contribution in [3.8, 4) is 11.4 Å². The summed E-state index contributed by atoms with van der Waals surface area (Å²) in [6.45, 7) is 2.57. The Kier molecular flexibility index (Phi) is 5.21. The van der Waals surface area contributed by atoms with Crippen LogP contribution in [0.1, 0.15) is 40.0 Å². The molecule has 7 nitrogen and oxygen atoms in total. The van der Waals surface area contributed by atoms with Crippen LogP contribution in [-0.2, 0) is 4.79 Å². The van der Waals surface area contributed by atoms with Gasteiger partial charge in [-0.25, -0.2) is 0 Å². The first kappa shape index (κ1) is 18.4. The molecule has 0 saturated carbocycles. The van der Waals surface area contributed by atoms with Gasteiger partial charge in [0.15, 0.2) is 0 Å². The number of nitrogens with zero attached hydrogens (tertiary/aromatic N) is 3. The number of amides is 2. The zero-order valence-electron chi connectivity index (χ0n) is 15.4. The van der Waals surface area contributed by atoms with Gasteiger partial charge in [0, 0.05) is 12.1 Å². The van der Waals surface area contributed by atoms with E-state index in [2.05, 4.69) is 15.5 Å². The van der Waals surface area contributed by atoms with Gasteiger partial charge >= 0.3 is 0 Å². The highest BCUT2D eigenvalue weighted by molar-refractivity contribution is 7.12. The molecule has 1 aliphatic rings. The number of carbonyl (C=O) groups excluding carboxylic acids is 2. The number of likely N-dealkylation sites (tertiary alicyclic amines) is 1. The summed E-state index contributed by atoms with van der Waals surface area (Å²) in [6, 6.07) is 11.2. The molecule has 1 N–H and O–H groups in total. The Bertz CT molecular complexity index is 983. The number of aryl methyl sites for hydroxylation is 1. The molecule has 1 saturated heterocycles. The molecule has 0 unspecified atom stereocenters.